The molecular formula is C46H58Cl2SiZr. The van der Waals surface area contributed by atoms with Crippen molar-refractivity contribution >= 4 is 43.8 Å². The molecule has 3 unspecified atom stereocenters. The number of hydrogen-bond donors (Lipinski definition) is 0. The van der Waals surface area contributed by atoms with Crippen LogP contribution in [-0.4, -0.2) is 6.88 Å². The van der Waals surface area contributed by atoms with Crippen molar-refractivity contribution < 1.29 is 17.4 Å². The molecule has 50 heavy (non-hydrogen) atoms. The number of allylic oxidation sites excluding steroid dienone is 2. The van der Waals surface area contributed by atoms with Crippen molar-refractivity contribution in [2.24, 2.45) is 5.92 Å². The Morgan fingerprint density at radius 2 is 1.22 bits per heavy atom. The van der Waals surface area contributed by atoms with Gasteiger partial charge in [-0.1, -0.05) is 0 Å². The summed E-state index contributed by atoms with van der Waals surface area (Å²) in [5.41, 5.74) is 18.1. The second kappa shape index (κ2) is 14.5. The molecule has 7 rings (SSSR count). The molecule has 0 bridgehead atoms. The normalized spacial score (nSPS) is 19.5. The van der Waals surface area contributed by atoms with E-state index >= 15 is 0 Å². The Balaban J connectivity index is 0.00000243. The van der Waals surface area contributed by atoms with Crippen LogP contribution in [0.4, 0.5) is 0 Å². The van der Waals surface area contributed by atoms with Crippen LogP contribution >= 0.6 is 24.8 Å². The topological polar surface area (TPSA) is 0 Å². The number of fused-ring (bicyclic) bond motifs is 2. The van der Waals surface area contributed by atoms with Gasteiger partial charge in [0.1, 0.15) is 0 Å². The molecule has 0 saturated heterocycles. The predicted molar refractivity (Wildman–Crippen MR) is 225 cm³/mol. The Morgan fingerprint density at radius 1 is 0.720 bits per heavy atom. The van der Waals surface area contributed by atoms with Gasteiger partial charge in [-0.05, 0) is 0 Å². The fourth-order valence-corrected chi connectivity index (χ4v) is 30.3. The first-order chi connectivity index (χ1) is 22.8. The Bertz CT molecular complexity index is 2000. The number of hydrogen-bond acceptors (Lipinski definition) is 0. The SMILES string of the molecule is CCC(C)c1ccc(-c2cccc3c2C=C(C)[CH]3[Zr]([CH3])([CH3])(=[SiH2])[CH]2C(C3CCCC3)=Cc3c(-c4ccc(C(C)(C)C)cc4)cccc32)cc1.Cl.Cl. The van der Waals surface area contributed by atoms with E-state index in [1.54, 1.807) is 22.3 Å². The molecule has 1 saturated carbocycles. The molecule has 0 nitrogen and oxygen atoms in total. The van der Waals surface area contributed by atoms with Gasteiger partial charge in [0.05, 0.1) is 0 Å². The molecule has 264 valence electrons. The number of halogens is 2. The van der Waals surface area contributed by atoms with E-state index in [1.165, 1.54) is 76.6 Å². The Morgan fingerprint density at radius 3 is 1.74 bits per heavy atom. The quantitative estimate of drug-likeness (QED) is 0.163. The van der Waals surface area contributed by atoms with Gasteiger partial charge >= 0.3 is 296 Å². The largest absolute Gasteiger partial charge is 0.147 e. The summed E-state index contributed by atoms with van der Waals surface area (Å²) in [6, 6.07) is 33.4. The van der Waals surface area contributed by atoms with Gasteiger partial charge in [0, 0.05) is 0 Å². The van der Waals surface area contributed by atoms with Crippen LogP contribution in [0.3, 0.4) is 0 Å². The van der Waals surface area contributed by atoms with Gasteiger partial charge in [0.15, 0.2) is 0 Å². The maximum Gasteiger partial charge on any atom is -0.147 e. The van der Waals surface area contributed by atoms with Crippen LogP contribution in [-0.2, 0) is 22.8 Å². The van der Waals surface area contributed by atoms with Gasteiger partial charge in [-0.15, -0.1) is 24.8 Å². The van der Waals surface area contributed by atoms with E-state index in [2.05, 4.69) is 155 Å². The maximum atomic E-state index is 2.82. The average molecular weight is 801 g/mol. The third-order valence-corrected chi connectivity index (χ3v) is 30.2. The first-order valence-corrected chi connectivity index (χ1v) is 32.4. The van der Waals surface area contributed by atoms with E-state index in [-0.39, 0.29) is 30.2 Å². The van der Waals surface area contributed by atoms with Crippen molar-refractivity contribution in [2.75, 3.05) is 0 Å². The third-order valence-electron chi connectivity index (χ3n) is 12.6. The summed E-state index contributed by atoms with van der Waals surface area (Å²) in [5.74, 6) is 1.32. The molecule has 0 N–H and O–H groups in total. The molecule has 4 aromatic carbocycles. The summed E-state index contributed by atoms with van der Waals surface area (Å²) in [5, 5.41) is 0. The average Bonchev–Trinajstić information content (AvgIpc) is 3.81. The molecule has 1 fully saturated rings. The minimum absolute atomic E-state index is 0. The Kier molecular flexibility index (Phi) is 11.4. The molecule has 3 aliphatic carbocycles. The van der Waals surface area contributed by atoms with Crippen LogP contribution in [0.1, 0.15) is 120 Å². The first-order valence-electron chi connectivity index (χ1n) is 18.7. The number of rotatable bonds is 7. The Hall–Kier alpha value is -1.96. The van der Waals surface area contributed by atoms with Gasteiger partial charge in [0.25, 0.3) is 0 Å². The summed E-state index contributed by atoms with van der Waals surface area (Å²) >= 11 is -3.69. The van der Waals surface area contributed by atoms with Crippen LogP contribution in [0, 0.1) is 5.92 Å². The molecule has 0 aliphatic heterocycles. The Labute approximate surface area is 318 Å². The van der Waals surface area contributed by atoms with E-state index in [1.807, 2.05) is 0 Å². The second-order valence-electron chi connectivity index (χ2n) is 17.7. The van der Waals surface area contributed by atoms with Gasteiger partial charge < -0.3 is 0 Å². The number of benzene rings is 4. The van der Waals surface area contributed by atoms with Gasteiger partial charge in [-0.25, -0.2) is 0 Å². The fraction of sp³-hybridized carbons (Fsp3) is 0.391. The molecule has 0 radical (unpaired) electrons. The van der Waals surface area contributed by atoms with Crippen LogP contribution < -0.4 is 0 Å². The molecular weight excluding hydrogens is 743 g/mol. The van der Waals surface area contributed by atoms with Crippen molar-refractivity contribution in [3.8, 4) is 22.3 Å². The first kappa shape index (κ1) is 39.3. The zero-order valence-electron chi connectivity index (χ0n) is 31.6. The third kappa shape index (κ3) is 6.82. The molecule has 3 atom stereocenters. The van der Waals surface area contributed by atoms with E-state index < -0.39 is 17.4 Å². The summed E-state index contributed by atoms with van der Waals surface area (Å²) in [7, 11) is 0. The van der Waals surface area contributed by atoms with Crippen molar-refractivity contribution in [1.82, 2.24) is 0 Å². The van der Waals surface area contributed by atoms with Crippen LogP contribution in [0.15, 0.2) is 96.1 Å². The zero-order chi connectivity index (χ0) is 34.0. The van der Waals surface area contributed by atoms with Gasteiger partial charge in [-0.2, -0.15) is 0 Å². The monoisotopic (exact) mass is 798 g/mol. The van der Waals surface area contributed by atoms with Crippen molar-refractivity contribution in [3.05, 3.63) is 129 Å². The van der Waals surface area contributed by atoms with E-state index in [9.17, 15) is 0 Å². The van der Waals surface area contributed by atoms with Crippen molar-refractivity contribution in [1.29, 1.82) is 0 Å². The second-order valence-corrected chi connectivity index (χ2v) is 48.2. The summed E-state index contributed by atoms with van der Waals surface area (Å²) < 4.78 is 6.74. The fourth-order valence-electron chi connectivity index (χ4n) is 9.95. The molecule has 0 spiro atoms. The summed E-state index contributed by atoms with van der Waals surface area (Å²) in [4.78, 5) is 0. The minimum Gasteiger partial charge on any atom is -0.147 e. The van der Waals surface area contributed by atoms with Crippen molar-refractivity contribution in [2.45, 2.75) is 101 Å². The van der Waals surface area contributed by atoms with E-state index in [0.29, 0.717) is 13.2 Å². The molecule has 0 heterocycles. The summed E-state index contributed by atoms with van der Waals surface area (Å²) in [6.45, 7) is 16.5. The smallest absolute Gasteiger partial charge is 0.147 e. The molecule has 0 amide bonds. The van der Waals surface area contributed by atoms with Crippen LogP contribution in [0.2, 0.25) is 9.26 Å². The van der Waals surface area contributed by atoms with Gasteiger partial charge in [-0.3, -0.25) is 0 Å². The van der Waals surface area contributed by atoms with Crippen LogP contribution in [0.5, 0.6) is 0 Å². The van der Waals surface area contributed by atoms with Gasteiger partial charge in [0.2, 0.25) is 0 Å². The van der Waals surface area contributed by atoms with Crippen LogP contribution in [0.25, 0.3) is 34.4 Å². The van der Waals surface area contributed by atoms with E-state index in [4.69, 9.17) is 0 Å². The van der Waals surface area contributed by atoms with Crippen molar-refractivity contribution in [3.63, 3.8) is 0 Å². The predicted octanol–water partition coefficient (Wildman–Crippen LogP) is 13.8. The minimum atomic E-state index is -3.69. The maximum absolute atomic E-state index is 3.69. The molecule has 3 aliphatic rings. The zero-order valence-corrected chi connectivity index (χ0v) is 37.1. The molecule has 0 aromatic heterocycles. The molecule has 4 heteroatoms. The standard InChI is InChI=1S/C24H27.C20H21.2CH3.2ClH.H2Si.Zr/c1-24(2,3)21-13-11-18(12-14-21)22-10-6-9-19-15-20(16-23(19)22)17-7-4-5-8-17;1-4-15(3)16-8-10-17(11-9-16)19-7-5-6-18-12-14(2)13-20(18)19;;;;;;/h6,9-17H,4-5,7-8H2,1-3H3;5-13,15H,4H2,1-3H3;2*1H3;2*1H;1H2;. The van der Waals surface area contributed by atoms with E-state index in [0.717, 1.165) is 5.92 Å². The molecule has 4 aromatic rings. The summed E-state index contributed by atoms with van der Waals surface area (Å²) in [6.07, 6.45) is 11.9.